The van der Waals surface area contributed by atoms with Gasteiger partial charge in [-0.25, -0.2) is 0 Å². The molecular formula is C17H16O3. The van der Waals surface area contributed by atoms with Crippen molar-refractivity contribution in [1.29, 1.82) is 0 Å². The van der Waals surface area contributed by atoms with Crippen molar-refractivity contribution in [2.75, 3.05) is 7.11 Å². The minimum atomic E-state index is -0.880. The van der Waals surface area contributed by atoms with Crippen molar-refractivity contribution in [2.24, 2.45) is 0 Å². The summed E-state index contributed by atoms with van der Waals surface area (Å²) in [5, 5.41) is 9.15. The Morgan fingerprint density at radius 2 is 1.45 bits per heavy atom. The first-order valence-corrected chi connectivity index (χ1v) is 6.32. The van der Waals surface area contributed by atoms with Crippen LogP contribution in [0.2, 0.25) is 0 Å². The van der Waals surface area contributed by atoms with E-state index in [-0.39, 0.29) is 6.42 Å². The lowest BCUT2D eigenvalue weighted by Gasteiger charge is -2.14. The van der Waals surface area contributed by atoms with Gasteiger partial charge in [0.1, 0.15) is 5.76 Å². The van der Waals surface area contributed by atoms with Crippen LogP contribution < -0.4 is 0 Å². The zero-order valence-corrected chi connectivity index (χ0v) is 11.2. The average molecular weight is 268 g/mol. The molecule has 0 heterocycles. The molecule has 0 aromatic heterocycles. The normalized spacial score (nSPS) is 11.7. The van der Waals surface area contributed by atoms with E-state index in [9.17, 15) is 4.79 Å². The maximum Gasteiger partial charge on any atom is 0.307 e. The minimum absolute atomic E-state index is 0.0813. The second-order valence-corrected chi connectivity index (χ2v) is 4.31. The van der Waals surface area contributed by atoms with Crippen LogP contribution in [0.3, 0.4) is 0 Å². The molecule has 2 aromatic carbocycles. The highest BCUT2D eigenvalue weighted by atomic mass is 16.5. The SMILES string of the molecule is CO/C(=C(/CC(=O)O)c1ccccc1)c1ccccc1. The molecule has 102 valence electrons. The molecular weight excluding hydrogens is 252 g/mol. The summed E-state index contributed by atoms with van der Waals surface area (Å²) in [5.41, 5.74) is 2.40. The van der Waals surface area contributed by atoms with Gasteiger partial charge in [0.2, 0.25) is 0 Å². The summed E-state index contributed by atoms with van der Waals surface area (Å²) in [5.74, 6) is -0.284. The van der Waals surface area contributed by atoms with Gasteiger partial charge >= 0.3 is 5.97 Å². The van der Waals surface area contributed by atoms with Gasteiger partial charge in [-0.15, -0.1) is 0 Å². The van der Waals surface area contributed by atoms with Gasteiger partial charge in [-0.05, 0) is 5.56 Å². The lowest BCUT2D eigenvalue weighted by atomic mass is 9.98. The topological polar surface area (TPSA) is 46.5 Å². The first kappa shape index (κ1) is 13.9. The van der Waals surface area contributed by atoms with Crippen LogP contribution in [0, 0.1) is 0 Å². The van der Waals surface area contributed by atoms with Crippen LogP contribution in [-0.4, -0.2) is 18.2 Å². The molecule has 0 amide bonds. The van der Waals surface area contributed by atoms with Crippen molar-refractivity contribution in [3.63, 3.8) is 0 Å². The summed E-state index contributed by atoms with van der Waals surface area (Å²) >= 11 is 0. The molecule has 0 radical (unpaired) electrons. The van der Waals surface area contributed by atoms with Gasteiger partial charge < -0.3 is 9.84 Å². The number of carboxylic acid groups (broad SMARTS) is 1. The van der Waals surface area contributed by atoms with Crippen molar-refractivity contribution in [1.82, 2.24) is 0 Å². The second kappa shape index (κ2) is 6.57. The number of carboxylic acids is 1. The van der Waals surface area contributed by atoms with Crippen molar-refractivity contribution >= 4 is 17.3 Å². The smallest absolute Gasteiger partial charge is 0.307 e. The number of ether oxygens (including phenoxy) is 1. The van der Waals surface area contributed by atoms with Crippen molar-refractivity contribution in [3.05, 3.63) is 71.8 Å². The molecule has 2 rings (SSSR count). The zero-order chi connectivity index (χ0) is 14.4. The van der Waals surface area contributed by atoms with Gasteiger partial charge in [0.25, 0.3) is 0 Å². The van der Waals surface area contributed by atoms with E-state index in [1.807, 2.05) is 60.7 Å². The van der Waals surface area contributed by atoms with Gasteiger partial charge in [-0.1, -0.05) is 60.7 Å². The third-order valence-corrected chi connectivity index (χ3v) is 2.96. The molecule has 1 N–H and O–H groups in total. The summed E-state index contributed by atoms with van der Waals surface area (Å²) < 4.78 is 5.47. The molecule has 0 aliphatic heterocycles. The number of rotatable bonds is 5. The van der Waals surface area contributed by atoms with Crippen LogP contribution in [0.4, 0.5) is 0 Å². The maximum atomic E-state index is 11.1. The Morgan fingerprint density at radius 3 is 1.90 bits per heavy atom. The van der Waals surface area contributed by atoms with Gasteiger partial charge in [-0.3, -0.25) is 4.79 Å². The predicted molar refractivity (Wildman–Crippen MR) is 79.0 cm³/mol. The van der Waals surface area contributed by atoms with Gasteiger partial charge in [-0.2, -0.15) is 0 Å². The van der Waals surface area contributed by atoms with Crippen molar-refractivity contribution in [2.45, 2.75) is 6.42 Å². The van der Waals surface area contributed by atoms with E-state index >= 15 is 0 Å². The van der Waals surface area contributed by atoms with E-state index in [0.717, 1.165) is 11.1 Å². The summed E-state index contributed by atoms with van der Waals surface area (Å²) in [4.78, 5) is 11.1. The van der Waals surface area contributed by atoms with Crippen LogP contribution in [0.5, 0.6) is 0 Å². The Kier molecular flexibility index (Phi) is 4.56. The van der Waals surface area contributed by atoms with Crippen molar-refractivity contribution < 1.29 is 14.6 Å². The predicted octanol–water partition coefficient (Wildman–Crippen LogP) is 3.68. The molecule has 0 unspecified atom stereocenters. The van der Waals surface area contributed by atoms with Crippen molar-refractivity contribution in [3.8, 4) is 0 Å². The average Bonchev–Trinajstić information content (AvgIpc) is 2.49. The standard InChI is InChI=1S/C17H16O3/c1-20-17(14-10-6-3-7-11-14)15(12-16(18)19)13-8-4-2-5-9-13/h2-11H,12H2,1H3,(H,18,19)/b17-15-. The van der Waals surface area contributed by atoms with Gasteiger partial charge in [0.15, 0.2) is 0 Å². The van der Waals surface area contributed by atoms with Crippen LogP contribution >= 0.6 is 0 Å². The fraction of sp³-hybridized carbons (Fsp3) is 0.118. The third-order valence-electron chi connectivity index (χ3n) is 2.96. The number of aliphatic carboxylic acids is 1. The van der Waals surface area contributed by atoms with E-state index < -0.39 is 5.97 Å². The third kappa shape index (κ3) is 3.26. The van der Waals surface area contributed by atoms with Gasteiger partial charge in [0.05, 0.1) is 13.5 Å². The molecule has 0 aliphatic carbocycles. The first-order valence-electron chi connectivity index (χ1n) is 6.32. The quantitative estimate of drug-likeness (QED) is 0.664. The summed E-state index contributed by atoms with van der Waals surface area (Å²) in [7, 11) is 1.56. The lowest BCUT2D eigenvalue weighted by molar-refractivity contribution is -0.135. The number of benzene rings is 2. The highest BCUT2D eigenvalue weighted by molar-refractivity contribution is 5.95. The summed E-state index contributed by atoms with van der Waals surface area (Å²) in [6.45, 7) is 0. The fourth-order valence-electron chi connectivity index (χ4n) is 2.11. The monoisotopic (exact) mass is 268 g/mol. The van der Waals surface area contributed by atoms with Crippen LogP contribution in [0.25, 0.3) is 11.3 Å². The molecule has 0 fully saturated rings. The minimum Gasteiger partial charge on any atom is -0.496 e. The largest absolute Gasteiger partial charge is 0.496 e. The lowest BCUT2D eigenvalue weighted by Crippen LogP contribution is -2.01. The first-order chi connectivity index (χ1) is 9.72. The van der Waals surface area contributed by atoms with E-state index in [1.54, 1.807) is 7.11 Å². The highest BCUT2D eigenvalue weighted by Crippen LogP contribution is 2.29. The van der Waals surface area contributed by atoms with E-state index in [1.165, 1.54) is 0 Å². The molecule has 3 heteroatoms. The Morgan fingerprint density at radius 1 is 0.950 bits per heavy atom. The van der Waals surface area contributed by atoms with Crippen LogP contribution in [-0.2, 0) is 9.53 Å². The molecule has 20 heavy (non-hydrogen) atoms. The maximum absolute atomic E-state index is 11.1. The van der Waals surface area contributed by atoms with Gasteiger partial charge in [0, 0.05) is 11.1 Å². The second-order valence-electron chi connectivity index (χ2n) is 4.31. The van der Waals surface area contributed by atoms with E-state index in [4.69, 9.17) is 9.84 Å². The number of methoxy groups -OCH3 is 1. The molecule has 0 saturated carbocycles. The Bertz CT molecular complexity index is 601. The van der Waals surface area contributed by atoms with E-state index in [2.05, 4.69) is 0 Å². The Labute approximate surface area is 118 Å². The van der Waals surface area contributed by atoms with Crippen LogP contribution in [0.15, 0.2) is 60.7 Å². The molecule has 0 spiro atoms. The fourth-order valence-corrected chi connectivity index (χ4v) is 2.11. The highest BCUT2D eigenvalue weighted by Gasteiger charge is 2.15. The van der Waals surface area contributed by atoms with Crippen LogP contribution in [0.1, 0.15) is 17.5 Å². The van der Waals surface area contributed by atoms with E-state index in [0.29, 0.717) is 11.3 Å². The molecule has 0 saturated heterocycles. The number of carbonyl (C=O) groups is 1. The molecule has 0 bridgehead atoms. The zero-order valence-electron chi connectivity index (χ0n) is 11.2. The Balaban J connectivity index is 2.58. The molecule has 3 nitrogen and oxygen atoms in total. The number of hydrogen-bond acceptors (Lipinski definition) is 2. The summed E-state index contributed by atoms with van der Waals surface area (Å²) in [6.07, 6.45) is -0.0813. The molecule has 0 aliphatic rings. The summed E-state index contributed by atoms with van der Waals surface area (Å²) in [6, 6.07) is 19.0. The molecule has 2 aromatic rings. The number of hydrogen-bond donors (Lipinski definition) is 1. The molecule has 0 atom stereocenters. The Hall–Kier alpha value is -2.55.